The standard InChI is InChI=1S/C20H28N2O3/c1-25-15-9-18(23)22-14-11-20(16-22)10-5-12-21(19(20)24)13-8-17-6-3-2-4-7-17/h2-4,6-7H,5,8-16H2,1H3. The van der Waals surface area contributed by atoms with Crippen molar-refractivity contribution in [2.75, 3.05) is 39.9 Å². The molecule has 0 aromatic heterocycles. The Bertz CT molecular complexity index is 604. The van der Waals surface area contributed by atoms with E-state index in [0.717, 1.165) is 38.8 Å². The fourth-order valence-electron chi connectivity index (χ4n) is 4.09. The third-order valence-corrected chi connectivity index (χ3v) is 5.56. The molecule has 0 aliphatic carbocycles. The van der Waals surface area contributed by atoms with E-state index in [2.05, 4.69) is 12.1 Å². The summed E-state index contributed by atoms with van der Waals surface area (Å²) < 4.78 is 5.00. The Morgan fingerprint density at radius 3 is 2.76 bits per heavy atom. The van der Waals surface area contributed by atoms with E-state index in [1.807, 2.05) is 28.0 Å². The highest BCUT2D eigenvalue weighted by Gasteiger charge is 2.49. The van der Waals surface area contributed by atoms with Crippen LogP contribution in [0.15, 0.2) is 30.3 Å². The second-order valence-electron chi connectivity index (χ2n) is 7.22. The number of hydrogen-bond acceptors (Lipinski definition) is 3. The lowest BCUT2D eigenvalue weighted by Crippen LogP contribution is -2.50. The summed E-state index contributed by atoms with van der Waals surface area (Å²) in [5.41, 5.74) is 0.912. The molecule has 1 aromatic rings. The molecule has 136 valence electrons. The van der Waals surface area contributed by atoms with E-state index >= 15 is 0 Å². The lowest BCUT2D eigenvalue weighted by atomic mass is 9.78. The maximum absolute atomic E-state index is 13.1. The predicted octanol–water partition coefficient (Wildman–Crippen LogP) is 2.11. The topological polar surface area (TPSA) is 49.9 Å². The van der Waals surface area contributed by atoms with E-state index in [0.29, 0.717) is 26.1 Å². The van der Waals surface area contributed by atoms with Crippen LogP contribution in [0.25, 0.3) is 0 Å². The summed E-state index contributed by atoms with van der Waals surface area (Å²) >= 11 is 0. The number of piperidine rings is 1. The smallest absolute Gasteiger partial charge is 0.230 e. The minimum atomic E-state index is -0.350. The summed E-state index contributed by atoms with van der Waals surface area (Å²) in [4.78, 5) is 29.2. The molecular weight excluding hydrogens is 316 g/mol. The zero-order valence-electron chi connectivity index (χ0n) is 15.1. The largest absolute Gasteiger partial charge is 0.384 e. The molecule has 3 rings (SSSR count). The van der Waals surface area contributed by atoms with Crippen LogP contribution < -0.4 is 0 Å². The highest BCUT2D eigenvalue weighted by molar-refractivity contribution is 5.86. The van der Waals surface area contributed by atoms with E-state index in [9.17, 15) is 9.59 Å². The van der Waals surface area contributed by atoms with Gasteiger partial charge in [0.2, 0.25) is 11.8 Å². The van der Waals surface area contributed by atoms with Crippen LogP contribution in [0.4, 0.5) is 0 Å². The average Bonchev–Trinajstić information content (AvgIpc) is 3.07. The van der Waals surface area contributed by atoms with Crippen LogP contribution in [0, 0.1) is 5.41 Å². The first-order valence-electron chi connectivity index (χ1n) is 9.25. The Hall–Kier alpha value is -1.88. The van der Waals surface area contributed by atoms with Gasteiger partial charge in [-0.05, 0) is 31.2 Å². The van der Waals surface area contributed by atoms with Crippen molar-refractivity contribution in [3.63, 3.8) is 0 Å². The number of rotatable bonds is 6. The number of nitrogens with zero attached hydrogens (tertiary/aromatic N) is 2. The minimum absolute atomic E-state index is 0.105. The van der Waals surface area contributed by atoms with Gasteiger partial charge in [0, 0.05) is 33.3 Å². The number of likely N-dealkylation sites (tertiary alicyclic amines) is 2. The van der Waals surface area contributed by atoms with Crippen LogP contribution in [0.3, 0.4) is 0 Å². The molecule has 5 nitrogen and oxygen atoms in total. The summed E-state index contributed by atoms with van der Waals surface area (Å²) in [5, 5.41) is 0. The Morgan fingerprint density at radius 1 is 1.20 bits per heavy atom. The Morgan fingerprint density at radius 2 is 2.00 bits per heavy atom. The highest BCUT2D eigenvalue weighted by Crippen LogP contribution is 2.40. The Labute approximate surface area is 149 Å². The van der Waals surface area contributed by atoms with Crippen molar-refractivity contribution in [2.24, 2.45) is 5.41 Å². The molecule has 2 heterocycles. The van der Waals surface area contributed by atoms with Gasteiger partial charge in [-0.15, -0.1) is 0 Å². The summed E-state index contributed by atoms with van der Waals surface area (Å²) in [6.45, 7) is 3.32. The fraction of sp³-hybridized carbons (Fsp3) is 0.600. The molecule has 1 aromatic carbocycles. The molecule has 2 amide bonds. The van der Waals surface area contributed by atoms with Gasteiger partial charge >= 0.3 is 0 Å². The molecule has 0 N–H and O–H groups in total. The van der Waals surface area contributed by atoms with E-state index in [1.54, 1.807) is 7.11 Å². The van der Waals surface area contributed by atoms with Crippen LogP contribution in [0.1, 0.15) is 31.2 Å². The molecule has 0 saturated carbocycles. The number of carbonyl (C=O) groups is 2. The summed E-state index contributed by atoms with van der Waals surface area (Å²) in [5.74, 6) is 0.352. The van der Waals surface area contributed by atoms with E-state index in [1.165, 1.54) is 5.56 Å². The second-order valence-corrected chi connectivity index (χ2v) is 7.22. The Kier molecular flexibility index (Phi) is 5.74. The molecule has 2 fully saturated rings. The molecule has 1 unspecified atom stereocenters. The van der Waals surface area contributed by atoms with Crippen LogP contribution in [0.2, 0.25) is 0 Å². The third kappa shape index (κ3) is 4.03. The van der Waals surface area contributed by atoms with E-state index < -0.39 is 0 Å². The SMILES string of the molecule is COCCC(=O)N1CCC2(CCCN(CCc3ccccc3)C2=O)C1. The zero-order valence-corrected chi connectivity index (χ0v) is 15.1. The van der Waals surface area contributed by atoms with Gasteiger partial charge in [-0.25, -0.2) is 0 Å². The number of carbonyl (C=O) groups excluding carboxylic acids is 2. The van der Waals surface area contributed by atoms with Crippen molar-refractivity contribution < 1.29 is 14.3 Å². The molecule has 5 heteroatoms. The number of amides is 2. The first kappa shape index (κ1) is 17.9. The highest BCUT2D eigenvalue weighted by atomic mass is 16.5. The third-order valence-electron chi connectivity index (χ3n) is 5.56. The van der Waals surface area contributed by atoms with Crippen LogP contribution in [-0.2, 0) is 20.7 Å². The van der Waals surface area contributed by atoms with Gasteiger partial charge in [0.1, 0.15) is 0 Å². The van der Waals surface area contributed by atoms with Gasteiger partial charge in [0.25, 0.3) is 0 Å². The monoisotopic (exact) mass is 344 g/mol. The van der Waals surface area contributed by atoms with Crippen molar-refractivity contribution in [1.29, 1.82) is 0 Å². The number of hydrogen-bond donors (Lipinski definition) is 0. The van der Waals surface area contributed by atoms with Gasteiger partial charge < -0.3 is 14.5 Å². The molecule has 1 atom stereocenters. The molecule has 25 heavy (non-hydrogen) atoms. The van der Waals surface area contributed by atoms with Crippen LogP contribution in [0.5, 0.6) is 0 Å². The lowest BCUT2D eigenvalue weighted by Gasteiger charge is -2.39. The van der Waals surface area contributed by atoms with Crippen molar-refractivity contribution >= 4 is 11.8 Å². The first-order chi connectivity index (χ1) is 12.1. The van der Waals surface area contributed by atoms with Crippen molar-refractivity contribution in [3.05, 3.63) is 35.9 Å². The molecular formula is C20H28N2O3. The Balaban J connectivity index is 1.59. The summed E-state index contributed by atoms with van der Waals surface area (Å²) in [6.07, 6.45) is 4.02. The predicted molar refractivity (Wildman–Crippen MR) is 96.1 cm³/mol. The maximum Gasteiger partial charge on any atom is 0.230 e. The van der Waals surface area contributed by atoms with E-state index in [-0.39, 0.29) is 17.2 Å². The van der Waals surface area contributed by atoms with Crippen LogP contribution >= 0.6 is 0 Å². The molecule has 0 radical (unpaired) electrons. The van der Waals surface area contributed by atoms with Crippen molar-refractivity contribution in [3.8, 4) is 0 Å². The molecule has 0 bridgehead atoms. The minimum Gasteiger partial charge on any atom is -0.384 e. The normalized spacial score (nSPS) is 23.5. The second kappa shape index (κ2) is 8.00. The molecule has 2 aliphatic heterocycles. The van der Waals surface area contributed by atoms with Gasteiger partial charge in [-0.2, -0.15) is 0 Å². The number of methoxy groups -OCH3 is 1. The van der Waals surface area contributed by atoms with Crippen LogP contribution in [-0.4, -0.2) is 61.5 Å². The summed E-state index contributed by atoms with van der Waals surface area (Å²) in [6, 6.07) is 10.3. The number of ether oxygens (including phenoxy) is 1. The van der Waals surface area contributed by atoms with Crippen molar-refractivity contribution in [1.82, 2.24) is 9.80 Å². The molecule has 1 spiro atoms. The van der Waals surface area contributed by atoms with Gasteiger partial charge in [-0.3, -0.25) is 9.59 Å². The van der Waals surface area contributed by atoms with Gasteiger partial charge in [0.15, 0.2) is 0 Å². The maximum atomic E-state index is 13.1. The summed E-state index contributed by atoms with van der Waals surface area (Å²) in [7, 11) is 1.61. The lowest BCUT2D eigenvalue weighted by molar-refractivity contribution is -0.146. The van der Waals surface area contributed by atoms with E-state index in [4.69, 9.17) is 4.74 Å². The van der Waals surface area contributed by atoms with Crippen molar-refractivity contribution in [2.45, 2.75) is 32.1 Å². The quantitative estimate of drug-likeness (QED) is 0.794. The molecule has 2 saturated heterocycles. The van der Waals surface area contributed by atoms with Gasteiger partial charge in [-0.1, -0.05) is 30.3 Å². The fourth-order valence-corrected chi connectivity index (χ4v) is 4.09. The average molecular weight is 344 g/mol. The zero-order chi connectivity index (χ0) is 17.7. The number of benzene rings is 1. The van der Waals surface area contributed by atoms with Gasteiger partial charge in [0.05, 0.1) is 18.4 Å². The molecule has 2 aliphatic rings. The first-order valence-corrected chi connectivity index (χ1v) is 9.25.